The molecule has 0 aliphatic heterocycles. The van der Waals surface area contributed by atoms with Crippen molar-refractivity contribution in [3.05, 3.63) is 28.3 Å². The Labute approximate surface area is 81.8 Å². The summed E-state index contributed by atoms with van der Waals surface area (Å²) in [6.45, 7) is 2.51. The van der Waals surface area contributed by atoms with E-state index < -0.39 is 4.92 Å². The van der Waals surface area contributed by atoms with Crippen LogP contribution in [0, 0.1) is 10.1 Å². The fourth-order valence-electron chi connectivity index (χ4n) is 1.21. The molecule has 1 aromatic rings. The molecule has 14 heavy (non-hydrogen) atoms. The molecule has 1 rings (SSSR count). The number of nitrogens with one attached hydrogen (secondary N) is 1. The average Bonchev–Trinajstić information content (AvgIpc) is 2.17. The van der Waals surface area contributed by atoms with Crippen LogP contribution in [0.2, 0.25) is 0 Å². The van der Waals surface area contributed by atoms with E-state index in [1.54, 1.807) is 18.2 Å². The molecule has 0 atom stereocenters. The molecule has 0 radical (unpaired) electrons. The number of nitro benzene ring substituents is 1. The lowest BCUT2D eigenvalue weighted by Crippen LogP contribution is -2.02. The molecule has 0 aliphatic carbocycles. The molecule has 1 N–H and O–H groups in total. The fraction of sp³-hybridized carbons (Fsp3) is 0.333. The van der Waals surface area contributed by atoms with Crippen molar-refractivity contribution < 1.29 is 9.66 Å². The van der Waals surface area contributed by atoms with Crippen LogP contribution in [0.15, 0.2) is 18.2 Å². The minimum Gasteiger partial charge on any atom is -0.490 e. The van der Waals surface area contributed by atoms with Crippen LogP contribution in [-0.4, -0.2) is 18.6 Å². The summed E-state index contributed by atoms with van der Waals surface area (Å²) in [6.07, 6.45) is 0. The third-order valence-corrected chi connectivity index (χ3v) is 1.77. The van der Waals surface area contributed by atoms with Gasteiger partial charge in [-0.15, -0.1) is 0 Å². The topological polar surface area (TPSA) is 64.4 Å². The second-order valence-corrected chi connectivity index (χ2v) is 2.64. The molecule has 5 nitrogen and oxygen atoms in total. The molecular formula is C9H12N2O3. The van der Waals surface area contributed by atoms with E-state index in [4.69, 9.17) is 4.74 Å². The van der Waals surface area contributed by atoms with Crippen LogP contribution < -0.4 is 10.1 Å². The van der Waals surface area contributed by atoms with Gasteiger partial charge in [0, 0.05) is 6.54 Å². The monoisotopic (exact) mass is 196 g/mol. The molecular weight excluding hydrogens is 184 g/mol. The van der Waals surface area contributed by atoms with Gasteiger partial charge in [0.25, 0.3) is 0 Å². The molecule has 0 amide bonds. The summed E-state index contributed by atoms with van der Waals surface area (Å²) < 4.78 is 4.91. The zero-order valence-corrected chi connectivity index (χ0v) is 8.11. The summed E-state index contributed by atoms with van der Waals surface area (Å²) in [5.41, 5.74) is 0.466. The van der Waals surface area contributed by atoms with Crippen molar-refractivity contribution in [1.29, 1.82) is 0 Å². The molecule has 0 fully saturated rings. The van der Waals surface area contributed by atoms with Crippen molar-refractivity contribution in [2.45, 2.75) is 6.92 Å². The van der Waals surface area contributed by atoms with Crippen molar-refractivity contribution in [2.75, 3.05) is 19.0 Å². The lowest BCUT2D eigenvalue weighted by molar-refractivity contribution is -0.384. The van der Waals surface area contributed by atoms with Gasteiger partial charge < -0.3 is 10.1 Å². The van der Waals surface area contributed by atoms with Crippen molar-refractivity contribution in [3.8, 4) is 5.75 Å². The Morgan fingerprint density at radius 1 is 1.57 bits per heavy atom. The number of anilines is 1. The number of nitro groups is 1. The number of para-hydroxylation sites is 1. The molecule has 0 heterocycles. The van der Waals surface area contributed by atoms with Crippen molar-refractivity contribution >= 4 is 11.4 Å². The summed E-state index contributed by atoms with van der Waals surface area (Å²) in [5, 5.41) is 13.7. The van der Waals surface area contributed by atoms with Crippen LogP contribution in [0.25, 0.3) is 0 Å². The maximum Gasteiger partial charge on any atom is 0.333 e. The normalized spacial score (nSPS) is 9.57. The van der Waals surface area contributed by atoms with Gasteiger partial charge in [0.05, 0.1) is 12.0 Å². The first kappa shape index (κ1) is 10.3. The number of benzene rings is 1. The summed E-state index contributed by atoms with van der Waals surface area (Å²) >= 11 is 0. The van der Waals surface area contributed by atoms with Crippen molar-refractivity contribution in [1.82, 2.24) is 0 Å². The number of rotatable bonds is 4. The van der Waals surface area contributed by atoms with Crippen LogP contribution in [0.3, 0.4) is 0 Å². The Hall–Kier alpha value is -1.78. The van der Waals surface area contributed by atoms with Crippen LogP contribution in [0.1, 0.15) is 6.92 Å². The molecule has 0 bridgehead atoms. The largest absolute Gasteiger partial charge is 0.490 e. The Balaban J connectivity index is 3.20. The Morgan fingerprint density at radius 3 is 2.79 bits per heavy atom. The molecule has 5 heteroatoms. The molecule has 0 unspecified atom stereocenters. The number of nitrogens with zero attached hydrogens (tertiary/aromatic N) is 1. The van der Waals surface area contributed by atoms with E-state index in [-0.39, 0.29) is 11.4 Å². The molecule has 76 valence electrons. The SMILES string of the molecule is CCNc1cccc(OC)c1[N+](=O)[O-]. The number of ether oxygens (including phenoxy) is 1. The van der Waals surface area contributed by atoms with Crippen LogP contribution in [0.5, 0.6) is 5.75 Å². The van der Waals surface area contributed by atoms with E-state index in [1.165, 1.54) is 7.11 Å². The predicted octanol–water partition coefficient (Wildman–Crippen LogP) is 2.04. The van der Waals surface area contributed by atoms with E-state index in [1.807, 2.05) is 6.92 Å². The maximum absolute atomic E-state index is 10.8. The van der Waals surface area contributed by atoms with Gasteiger partial charge >= 0.3 is 5.69 Å². The molecule has 0 aliphatic rings. The summed E-state index contributed by atoms with van der Waals surface area (Å²) in [6, 6.07) is 4.94. The average molecular weight is 196 g/mol. The summed E-state index contributed by atoms with van der Waals surface area (Å²) in [7, 11) is 1.41. The maximum atomic E-state index is 10.8. The van der Waals surface area contributed by atoms with Gasteiger partial charge in [0.15, 0.2) is 5.75 Å². The van der Waals surface area contributed by atoms with Gasteiger partial charge in [0.1, 0.15) is 5.69 Å². The molecule has 0 saturated heterocycles. The zero-order valence-electron chi connectivity index (χ0n) is 8.11. The van der Waals surface area contributed by atoms with E-state index in [0.717, 1.165) is 0 Å². The van der Waals surface area contributed by atoms with Gasteiger partial charge in [-0.1, -0.05) is 6.07 Å². The van der Waals surface area contributed by atoms with Gasteiger partial charge in [-0.2, -0.15) is 0 Å². The Kier molecular flexibility index (Phi) is 3.28. The third-order valence-electron chi connectivity index (χ3n) is 1.77. The second-order valence-electron chi connectivity index (χ2n) is 2.64. The Bertz CT molecular complexity index is 339. The van der Waals surface area contributed by atoms with Gasteiger partial charge in [-0.3, -0.25) is 10.1 Å². The van der Waals surface area contributed by atoms with Gasteiger partial charge in [0.2, 0.25) is 0 Å². The quantitative estimate of drug-likeness (QED) is 0.591. The highest BCUT2D eigenvalue weighted by Gasteiger charge is 2.19. The van der Waals surface area contributed by atoms with Crippen LogP contribution >= 0.6 is 0 Å². The smallest absolute Gasteiger partial charge is 0.333 e. The highest BCUT2D eigenvalue weighted by atomic mass is 16.6. The lowest BCUT2D eigenvalue weighted by Gasteiger charge is -2.07. The Morgan fingerprint density at radius 2 is 2.29 bits per heavy atom. The minimum absolute atomic E-state index is 0.0168. The fourth-order valence-corrected chi connectivity index (χ4v) is 1.21. The van der Waals surface area contributed by atoms with Gasteiger partial charge in [-0.25, -0.2) is 0 Å². The lowest BCUT2D eigenvalue weighted by atomic mass is 10.2. The van der Waals surface area contributed by atoms with E-state index >= 15 is 0 Å². The summed E-state index contributed by atoms with van der Waals surface area (Å²) in [4.78, 5) is 10.3. The first-order chi connectivity index (χ1) is 6.70. The predicted molar refractivity (Wildman–Crippen MR) is 53.8 cm³/mol. The highest BCUT2D eigenvalue weighted by Crippen LogP contribution is 2.34. The number of methoxy groups -OCH3 is 1. The third kappa shape index (κ3) is 1.93. The standard InChI is InChI=1S/C9H12N2O3/c1-3-10-7-5-4-6-8(14-2)9(7)11(12)13/h4-6,10H,3H2,1-2H3. The highest BCUT2D eigenvalue weighted by molar-refractivity contribution is 5.68. The van der Waals surface area contributed by atoms with Gasteiger partial charge in [-0.05, 0) is 19.1 Å². The molecule has 0 aromatic heterocycles. The van der Waals surface area contributed by atoms with E-state index in [0.29, 0.717) is 12.2 Å². The van der Waals surface area contributed by atoms with E-state index in [2.05, 4.69) is 5.32 Å². The molecule has 0 saturated carbocycles. The first-order valence-corrected chi connectivity index (χ1v) is 4.26. The number of hydrogen-bond acceptors (Lipinski definition) is 4. The first-order valence-electron chi connectivity index (χ1n) is 4.26. The minimum atomic E-state index is -0.448. The summed E-state index contributed by atoms with van der Waals surface area (Å²) in [5.74, 6) is 0.272. The van der Waals surface area contributed by atoms with Crippen LogP contribution in [-0.2, 0) is 0 Å². The second kappa shape index (κ2) is 4.45. The molecule has 0 spiro atoms. The van der Waals surface area contributed by atoms with Crippen LogP contribution in [0.4, 0.5) is 11.4 Å². The number of hydrogen-bond donors (Lipinski definition) is 1. The van der Waals surface area contributed by atoms with Crippen molar-refractivity contribution in [3.63, 3.8) is 0 Å². The zero-order chi connectivity index (χ0) is 10.6. The molecule has 1 aromatic carbocycles. The van der Waals surface area contributed by atoms with E-state index in [9.17, 15) is 10.1 Å². The van der Waals surface area contributed by atoms with Crippen molar-refractivity contribution in [2.24, 2.45) is 0 Å².